The zero-order valence-corrected chi connectivity index (χ0v) is 11.1. The normalized spacial score (nSPS) is 13.6. The number of hydrogen-bond donors (Lipinski definition) is 3. The molecular weight excluding hydrogens is 260 g/mol. The number of nitrogen functional groups attached to an aromatic ring is 1. The molecule has 5 N–H and O–H groups in total. The van der Waals surface area contributed by atoms with E-state index in [1.807, 2.05) is 6.92 Å². The van der Waals surface area contributed by atoms with E-state index >= 15 is 0 Å². The first-order valence-corrected chi connectivity index (χ1v) is 7.54. The third-order valence-electron chi connectivity index (χ3n) is 2.17. The summed E-state index contributed by atoms with van der Waals surface area (Å²) in [5.41, 5.74) is 5.93. The summed E-state index contributed by atoms with van der Waals surface area (Å²) < 4.78 is 22.5. The number of para-hydroxylation sites is 1. The zero-order valence-electron chi connectivity index (χ0n) is 9.46. The van der Waals surface area contributed by atoms with E-state index in [1.165, 1.54) is 17.8 Å². The maximum absolute atomic E-state index is 11.2. The standard InChI is InChI=1S/C10H16N2O3S2/c1-7(5-13)6-16-8-3-2-4-9(10(8)11)17(12,14)15/h2-4,7,13H,5-6,11H2,1H3,(H2,12,14,15). The topological polar surface area (TPSA) is 106 Å². The molecule has 5 nitrogen and oxygen atoms in total. The molecule has 7 heteroatoms. The van der Waals surface area contributed by atoms with E-state index in [4.69, 9.17) is 16.0 Å². The Balaban J connectivity index is 2.96. The molecule has 0 saturated carbocycles. The number of thioether (sulfide) groups is 1. The van der Waals surface area contributed by atoms with Crippen molar-refractivity contribution in [3.05, 3.63) is 18.2 Å². The molecule has 1 aromatic rings. The number of sulfonamides is 1. The van der Waals surface area contributed by atoms with Crippen LogP contribution in [0.1, 0.15) is 6.92 Å². The number of hydrogen-bond acceptors (Lipinski definition) is 5. The lowest BCUT2D eigenvalue weighted by atomic mass is 10.2. The highest BCUT2D eigenvalue weighted by atomic mass is 32.2. The molecule has 0 amide bonds. The van der Waals surface area contributed by atoms with Gasteiger partial charge in [0.05, 0.1) is 5.69 Å². The predicted molar refractivity (Wildman–Crippen MR) is 69.2 cm³/mol. The Kier molecular flexibility index (Phi) is 4.81. The third-order valence-corrected chi connectivity index (χ3v) is 4.54. The Morgan fingerprint density at radius 1 is 1.47 bits per heavy atom. The van der Waals surface area contributed by atoms with Crippen LogP contribution in [0.3, 0.4) is 0 Å². The van der Waals surface area contributed by atoms with E-state index in [0.29, 0.717) is 10.6 Å². The van der Waals surface area contributed by atoms with Gasteiger partial charge in [0, 0.05) is 17.3 Å². The Bertz CT molecular complexity index is 488. The molecular formula is C10H16N2O3S2. The fourth-order valence-electron chi connectivity index (χ4n) is 1.18. The number of nitrogens with two attached hydrogens (primary N) is 2. The Hall–Kier alpha value is -0.760. The van der Waals surface area contributed by atoms with E-state index in [2.05, 4.69) is 0 Å². The van der Waals surface area contributed by atoms with Crippen molar-refractivity contribution >= 4 is 27.5 Å². The second-order valence-corrected chi connectivity index (χ2v) is 6.40. The van der Waals surface area contributed by atoms with E-state index in [0.717, 1.165) is 0 Å². The highest BCUT2D eigenvalue weighted by Gasteiger charge is 2.15. The highest BCUT2D eigenvalue weighted by molar-refractivity contribution is 7.99. The number of primary sulfonamides is 1. The lowest BCUT2D eigenvalue weighted by Crippen LogP contribution is -2.14. The Labute approximate surface area is 105 Å². The van der Waals surface area contributed by atoms with Gasteiger partial charge in [-0.2, -0.15) is 0 Å². The Morgan fingerprint density at radius 2 is 2.12 bits per heavy atom. The Morgan fingerprint density at radius 3 is 2.65 bits per heavy atom. The quantitative estimate of drug-likeness (QED) is 0.540. The van der Waals surface area contributed by atoms with Crippen LogP contribution in [0, 0.1) is 5.92 Å². The summed E-state index contributed by atoms with van der Waals surface area (Å²) in [6.07, 6.45) is 0. The van der Waals surface area contributed by atoms with Crippen molar-refractivity contribution in [2.45, 2.75) is 16.7 Å². The third kappa shape index (κ3) is 3.88. The highest BCUT2D eigenvalue weighted by Crippen LogP contribution is 2.30. The molecule has 0 bridgehead atoms. The molecule has 0 radical (unpaired) electrons. The lowest BCUT2D eigenvalue weighted by Gasteiger charge is -2.11. The predicted octanol–water partition coefficient (Wildman–Crippen LogP) is 0.637. The molecule has 0 aliphatic carbocycles. The average Bonchev–Trinajstić information content (AvgIpc) is 2.25. The first-order valence-electron chi connectivity index (χ1n) is 5.01. The van der Waals surface area contributed by atoms with E-state index < -0.39 is 10.0 Å². The molecule has 0 spiro atoms. The van der Waals surface area contributed by atoms with Gasteiger partial charge in [-0.1, -0.05) is 13.0 Å². The van der Waals surface area contributed by atoms with Gasteiger partial charge in [-0.25, -0.2) is 13.6 Å². The van der Waals surface area contributed by atoms with E-state index in [-0.39, 0.29) is 23.1 Å². The van der Waals surface area contributed by atoms with Crippen molar-refractivity contribution in [1.29, 1.82) is 0 Å². The largest absolute Gasteiger partial charge is 0.397 e. The van der Waals surface area contributed by atoms with Gasteiger partial charge >= 0.3 is 0 Å². The molecule has 1 unspecified atom stereocenters. The van der Waals surface area contributed by atoms with Crippen LogP contribution in [0.15, 0.2) is 28.0 Å². The van der Waals surface area contributed by atoms with Crippen molar-refractivity contribution in [2.75, 3.05) is 18.1 Å². The van der Waals surface area contributed by atoms with Gasteiger partial charge in [0.15, 0.2) is 0 Å². The number of anilines is 1. The monoisotopic (exact) mass is 276 g/mol. The van der Waals surface area contributed by atoms with Crippen LogP contribution in [-0.2, 0) is 10.0 Å². The molecule has 96 valence electrons. The first kappa shape index (κ1) is 14.3. The van der Waals surface area contributed by atoms with Gasteiger partial charge in [-0.05, 0) is 18.1 Å². The van der Waals surface area contributed by atoms with Gasteiger partial charge < -0.3 is 10.8 Å². The van der Waals surface area contributed by atoms with E-state index in [9.17, 15) is 8.42 Å². The maximum atomic E-state index is 11.2. The van der Waals surface area contributed by atoms with Crippen LogP contribution >= 0.6 is 11.8 Å². The number of aliphatic hydroxyl groups excluding tert-OH is 1. The summed E-state index contributed by atoms with van der Waals surface area (Å²) in [5.74, 6) is 0.784. The molecule has 1 aromatic carbocycles. The van der Waals surface area contributed by atoms with E-state index in [1.54, 1.807) is 12.1 Å². The second-order valence-electron chi connectivity index (χ2n) is 3.81. The van der Waals surface area contributed by atoms with Crippen molar-refractivity contribution in [3.63, 3.8) is 0 Å². The van der Waals surface area contributed by atoms with Gasteiger partial charge in [0.2, 0.25) is 10.0 Å². The van der Waals surface area contributed by atoms with Crippen LogP contribution in [-0.4, -0.2) is 25.9 Å². The molecule has 0 saturated heterocycles. The molecule has 0 aliphatic heterocycles. The van der Waals surface area contributed by atoms with Crippen LogP contribution in [0.5, 0.6) is 0 Å². The van der Waals surface area contributed by atoms with Crippen LogP contribution in [0.2, 0.25) is 0 Å². The smallest absolute Gasteiger partial charge is 0.240 e. The zero-order chi connectivity index (χ0) is 13.1. The summed E-state index contributed by atoms with van der Waals surface area (Å²) in [4.78, 5) is 0.607. The summed E-state index contributed by atoms with van der Waals surface area (Å²) in [7, 11) is -3.79. The van der Waals surface area contributed by atoms with Crippen molar-refractivity contribution in [1.82, 2.24) is 0 Å². The number of benzene rings is 1. The van der Waals surface area contributed by atoms with Crippen molar-refractivity contribution < 1.29 is 13.5 Å². The summed E-state index contributed by atoms with van der Waals surface area (Å²) in [6.45, 7) is 1.98. The molecule has 0 heterocycles. The van der Waals surface area contributed by atoms with Crippen molar-refractivity contribution in [2.24, 2.45) is 11.1 Å². The average molecular weight is 276 g/mol. The minimum atomic E-state index is -3.79. The fourth-order valence-corrected chi connectivity index (χ4v) is 2.94. The molecule has 1 atom stereocenters. The molecule has 0 aliphatic rings. The minimum absolute atomic E-state index is 0.0563. The summed E-state index contributed by atoms with van der Waals surface area (Å²) >= 11 is 1.40. The van der Waals surface area contributed by atoms with Gasteiger partial charge in [-0.3, -0.25) is 0 Å². The molecule has 17 heavy (non-hydrogen) atoms. The molecule has 1 rings (SSSR count). The van der Waals surface area contributed by atoms with Gasteiger partial charge in [-0.15, -0.1) is 11.8 Å². The molecule has 0 fully saturated rings. The number of rotatable bonds is 5. The van der Waals surface area contributed by atoms with Crippen LogP contribution in [0.4, 0.5) is 5.69 Å². The van der Waals surface area contributed by atoms with Gasteiger partial charge in [0.25, 0.3) is 0 Å². The van der Waals surface area contributed by atoms with Crippen molar-refractivity contribution in [3.8, 4) is 0 Å². The summed E-state index contributed by atoms with van der Waals surface area (Å²) in [6, 6.07) is 4.71. The van der Waals surface area contributed by atoms with Crippen LogP contribution < -0.4 is 10.9 Å². The first-order chi connectivity index (χ1) is 7.86. The molecule has 0 aromatic heterocycles. The number of aliphatic hydroxyl groups is 1. The SMILES string of the molecule is CC(CO)CSc1cccc(S(N)(=O)=O)c1N. The minimum Gasteiger partial charge on any atom is -0.397 e. The fraction of sp³-hybridized carbons (Fsp3) is 0.400. The summed E-state index contributed by atoms with van der Waals surface area (Å²) in [5, 5.41) is 14.0. The van der Waals surface area contributed by atoms with Crippen LogP contribution in [0.25, 0.3) is 0 Å². The second kappa shape index (κ2) is 5.72. The lowest BCUT2D eigenvalue weighted by molar-refractivity contribution is 0.250. The van der Waals surface area contributed by atoms with Gasteiger partial charge in [0.1, 0.15) is 4.90 Å². The maximum Gasteiger partial charge on any atom is 0.240 e.